The highest BCUT2D eigenvalue weighted by Crippen LogP contribution is 2.42. The minimum absolute atomic E-state index is 0.0111. The Bertz CT molecular complexity index is 6760. The Morgan fingerprint density at radius 2 is 0.787 bits per heavy atom. The number of methoxy groups -OCH3 is 1. The number of hydrogen-bond acceptors (Lipinski definition) is 32. The monoisotopic (exact) mass is 1810 g/mol. The molecule has 0 amide bonds. The molecule has 1 saturated heterocycles. The van der Waals surface area contributed by atoms with Crippen LogP contribution in [-0.2, 0) is 4.74 Å². The summed E-state index contributed by atoms with van der Waals surface area (Å²) in [4.78, 5) is 63.7. The lowest BCUT2D eigenvalue weighted by Crippen LogP contribution is -2.37. The molecule has 10 N–H and O–H groups in total. The van der Waals surface area contributed by atoms with Gasteiger partial charge in [0.05, 0.1) is 127 Å². The van der Waals surface area contributed by atoms with E-state index in [9.17, 15) is 43.4 Å². The highest BCUT2D eigenvalue weighted by molar-refractivity contribution is 7.24. The van der Waals surface area contributed by atoms with Crippen LogP contribution in [0.3, 0.4) is 0 Å². The van der Waals surface area contributed by atoms with Crippen molar-refractivity contribution >= 4 is 239 Å². The van der Waals surface area contributed by atoms with Gasteiger partial charge < -0.3 is 62.3 Å². The second kappa shape index (κ2) is 39.6. The van der Waals surface area contributed by atoms with Crippen molar-refractivity contribution in [2.45, 2.75) is 6.42 Å². The number of nitriles is 4. The second-order valence-corrected chi connectivity index (χ2v) is 31.4. The third kappa shape index (κ3) is 21.4. The standard InChI is InChI=1S/C25H24ClFN8OS.C19H12ClFN6OS.C18H9Cl2FN6S.C18H10ClFN6OS/c26-19-12-17(2-4-20(19)27)32-22-16(13-28)14-31-24-23(22)37-25(34-24)33-18-3-5-21(30-15-18)29-6-1-7-35-8-10-36-11-9-35;1-28-15-5-3-12(9-23-15)26-19-27-18-17(29-19)16(10(7-22)8-24-18)25-11-2-4-14(21)13(20)6-11;19-12-5-10(1-3-13(12)21)25-15-9(6-22)7-24-17-16(15)28-18(27-17)26-11-2-4-14(20)23-8-11;19-12-5-10(1-3-13(12)20)24-15-9(6-21)7-23-17-16(15)28-18(26-17)25-11-2-4-14(27)22-8-11/h2-5,12,14-15H,1,6-11H2,(H,29,30)(H2,31,32,33,34);2-6,8-9H,1H3,(H2,24,25,26,27);1-5,7-8H,(H2,24,25,26,27);1-5,7-8H,(H,22,27)(H2,23,24,25,26). The molecule has 4 aromatic carbocycles. The van der Waals surface area contributed by atoms with Crippen LogP contribution >= 0.6 is 103 Å². The van der Waals surface area contributed by atoms with E-state index in [1.54, 1.807) is 56.0 Å². The minimum atomic E-state index is -0.530. The van der Waals surface area contributed by atoms with Gasteiger partial charge in [0.2, 0.25) is 11.4 Å². The molecule has 0 saturated carbocycles. The molecule has 1 aliphatic heterocycles. The zero-order valence-electron chi connectivity index (χ0n) is 62.5. The van der Waals surface area contributed by atoms with Gasteiger partial charge in [-0.1, -0.05) is 103 Å². The molecule has 29 nitrogen and oxygen atoms in total. The Labute approximate surface area is 729 Å². The fraction of sp³-hybridized carbons (Fsp3) is 0.100. The van der Waals surface area contributed by atoms with Crippen molar-refractivity contribution in [1.29, 1.82) is 21.0 Å². The van der Waals surface area contributed by atoms with Crippen LogP contribution in [0.4, 0.5) is 112 Å². The average Bonchev–Trinajstić information content (AvgIpc) is 1.65. The number of pyridine rings is 8. The van der Waals surface area contributed by atoms with E-state index in [4.69, 9.17) is 67.5 Å². The Balaban J connectivity index is 0.000000134. The van der Waals surface area contributed by atoms with Gasteiger partial charge in [0.15, 0.2) is 43.1 Å². The van der Waals surface area contributed by atoms with E-state index in [1.807, 2.05) is 18.2 Å². The van der Waals surface area contributed by atoms with E-state index >= 15 is 0 Å². The van der Waals surface area contributed by atoms with E-state index in [-0.39, 0.29) is 25.6 Å². The lowest BCUT2D eigenvalue weighted by molar-refractivity contribution is 0.0378. The smallest absolute Gasteiger partial charge is 0.248 e. The minimum Gasteiger partial charge on any atom is -0.481 e. The van der Waals surface area contributed by atoms with Crippen molar-refractivity contribution in [3.8, 4) is 30.2 Å². The van der Waals surface area contributed by atoms with Gasteiger partial charge in [0.1, 0.15) is 77.3 Å². The van der Waals surface area contributed by atoms with Gasteiger partial charge in [-0.05, 0) is 122 Å². The first-order valence-corrected chi connectivity index (χ1v) is 40.9. The summed E-state index contributed by atoms with van der Waals surface area (Å²) in [7, 11) is 1.55. The number of anilines is 17. The van der Waals surface area contributed by atoms with Crippen LogP contribution in [-0.4, -0.2) is 111 Å². The zero-order chi connectivity index (χ0) is 85.3. The molecule has 1 aliphatic rings. The number of H-pyrrole nitrogens is 1. The van der Waals surface area contributed by atoms with Crippen molar-refractivity contribution in [2.24, 2.45) is 0 Å². The summed E-state index contributed by atoms with van der Waals surface area (Å²) < 4.78 is 66.9. The molecular formula is C80H55Cl5F4N26O3S4. The number of nitrogens with one attached hydrogen (secondary N) is 10. The van der Waals surface area contributed by atoms with Crippen molar-refractivity contribution in [2.75, 3.05) is 94.4 Å². The maximum absolute atomic E-state index is 13.6. The molecule has 13 heterocycles. The molecule has 0 atom stereocenters. The van der Waals surface area contributed by atoms with Gasteiger partial charge in [-0.3, -0.25) is 9.69 Å². The highest BCUT2D eigenvalue weighted by Gasteiger charge is 2.22. The summed E-state index contributed by atoms with van der Waals surface area (Å²) in [5.41, 5.74) is 10.1. The maximum Gasteiger partial charge on any atom is 0.248 e. The zero-order valence-corrected chi connectivity index (χ0v) is 69.6. The van der Waals surface area contributed by atoms with Crippen LogP contribution in [0.25, 0.3) is 41.4 Å². The maximum atomic E-state index is 13.6. The largest absolute Gasteiger partial charge is 0.481 e. The third-order valence-corrected chi connectivity index (χ3v) is 22.5. The summed E-state index contributed by atoms with van der Waals surface area (Å²) in [6, 6.07) is 39.2. The summed E-state index contributed by atoms with van der Waals surface area (Å²) >= 11 is 34.5. The average molecular weight is 1810 g/mol. The summed E-state index contributed by atoms with van der Waals surface area (Å²) in [6.07, 6.45) is 13.3. The van der Waals surface area contributed by atoms with E-state index in [2.05, 4.69) is 137 Å². The number of thiazole rings is 4. The molecule has 610 valence electrons. The van der Waals surface area contributed by atoms with Gasteiger partial charge in [0, 0.05) is 85.5 Å². The van der Waals surface area contributed by atoms with Crippen LogP contribution in [0, 0.1) is 68.6 Å². The normalized spacial score (nSPS) is 11.6. The molecule has 12 aromatic heterocycles. The molecule has 0 aliphatic carbocycles. The van der Waals surface area contributed by atoms with Gasteiger partial charge >= 0.3 is 0 Å². The number of morpholine rings is 1. The number of nitrogens with zero attached hydrogens (tertiary/aromatic N) is 16. The first kappa shape index (κ1) is 84.9. The number of benzene rings is 4. The molecule has 1 fully saturated rings. The first-order valence-electron chi connectivity index (χ1n) is 35.8. The molecule has 17 rings (SSSR count). The van der Waals surface area contributed by atoms with Crippen molar-refractivity contribution < 1.29 is 27.0 Å². The molecule has 0 bridgehead atoms. The Kier molecular flexibility index (Phi) is 27.6. The molecule has 122 heavy (non-hydrogen) atoms. The van der Waals surface area contributed by atoms with Crippen molar-refractivity contribution in [3.63, 3.8) is 0 Å². The number of fused-ring (bicyclic) bond motifs is 4. The number of halogens is 9. The van der Waals surface area contributed by atoms with Crippen LogP contribution in [0.1, 0.15) is 28.7 Å². The SMILES string of the molecule is COc1ccc(Nc2nc3ncc(C#N)c(Nc4ccc(F)c(Cl)c4)c3s2)cn1.N#Cc1cnc2nc(Nc3ccc(=O)[nH]c3)sc2c1Nc1ccc(F)c(Cl)c1.N#Cc1cnc2nc(Nc3ccc(Cl)nc3)sc2c1Nc1ccc(F)c(Cl)c1.N#Cc1cnc2nc(Nc3ccc(NCCCN4CCOCC4)nc3)sc2c1Nc1ccc(F)c(Cl)c1. The lowest BCUT2D eigenvalue weighted by atomic mass is 10.2. The first-order chi connectivity index (χ1) is 59.2. The van der Waals surface area contributed by atoms with Crippen molar-refractivity contribution in [3.05, 3.63) is 252 Å². The Morgan fingerprint density at radius 1 is 0.434 bits per heavy atom. The van der Waals surface area contributed by atoms with Gasteiger partial charge in [-0.2, -0.15) is 41.0 Å². The van der Waals surface area contributed by atoms with Crippen molar-refractivity contribution in [1.82, 2.24) is 64.7 Å². The highest BCUT2D eigenvalue weighted by atomic mass is 35.5. The Morgan fingerprint density at radius 3 is 1.11 bits per heavy atom. The van der Waals surface area contributed by atoms with E-state index < -0.39 is 23.3 Å². The van der Waals surface area contributed by atoms with Crippen LogP contribution in [0.2, 0.25) is 25.2 Å². The second-order valence-electron chi connectivity index (χ2n) is 25.4. The quantitative estimate of drug-likeness (QED) is 0.0171. The number of hydrogen-bond donors (Lipinski definition) is 10. The molecule has 42 heteroatoms. The fourth-order valence-corrected chi connectivity index (χ4v) is 16.0. The third-order valence-electron chi connectivity index (χ3n) is 17.2. The van der Waals surface area contributed by atoms with E-state index in [0.29, 0.717) is 152 Å². The van der Waals surface area contributed by atoms with Crippen LogP contribution in [0.15, 0.2) is 176 Å². The van der Waals surface area contributed by atoms with E-state index in [0.717, 1.165) is 63.0 Å². The molecular weight excluding hydrogens is 1750 g/mol. The molecule has 16 aromatic rings. The van der Waals surface area contributed by atoms with Gasteiger partial charge in [-0.25, -0.2) is 52.4 Å². The predicted molar refractivity (Wildman–Crippen MR) is 472 cm³/mol. The van der Waals surface area contributed by atoms with Crippen LogP contribution in [0.5, 0.6) is 5.88 Å². The number of rotatable bonds is 22. The number of ether oxygens (including phenoxy) is 2. The fourth-order valence-electron chi connectivity index (χ4n) is 11.3. The predicted octanol–water partition coefficient (Wildman–Crippen LogP) is 21.0. The Hall–Kier alpha value is -13.5. The summed E-state index contributed by atoms with van der Waals surface area (Å²) in [5.74, 6) is -0.771. The molecule has 0 unspecified atom stereocenters. The summed E-state index contributed by atoms with van der Waals surface area (Å²) in [6.45, 7) is 5.51. The van der Waals surface area contributed by atoms with E-state index in [1.165, 1.54) is 149 Å². The summed E-state index contributed by atoms with van der Waals surface area (Å²) in [5, 5.41) is 69.1. The topological polar surface area (TPSA) is 400 Å². The lowest BCUT2D eigenvalue weighted by Gasteiger charge is -2.26. The number of aromatic nitrogens is 12. The molecule has 0 radical (unpaired) electrons. The van der Waals surface area contributed by atoms with Gasteiger partial charge in [-0.15, -0.1) is 0 Å². The van der Waals surface area contributed by atoms with Gasteiger partial charge in [0.25, 0.3) is 0 Å². The molecule has 0 spiro atoms. The number of aromatic amines is 1. The van der Waals surface area contributed by atoms with Crippen LogP contribution < -0.4 is 58.1 Å².